The first-order chi connectivity index (χ1) is 10.9. The first-order valence-corrected chi connectivity index (χ1v) is 8.26. The highest BCUT2D eigenvalue weighted by Gasteiger charge is 2.22. The third kappa shape index (κ3) is 5.49. The maximum absolute atomic E-state index is 12.1. The quantitative estimate of drug-likeness (QED) is 0.816. The summed E-state index contributed by atoms with van der Waals surface area (Å²) in [5.74, 6) is -1.01. The minimum atomic E-state index is -0.862. The van der Waals surface area contributed by atoms with E-state index in [0.29, 0.717) is 6.42 Å². The predicted molar refractivity (Wildman–Crippen MR) is 90.3 cm³/mol. The molecule has 0 atom stereocenters. The zero-order valence-electron chi connectivity index (χ0n) is 13.2. The van der Waals surface area contributed by atoms with Crippen molar-refractivity contribution in [3.63, 3.8) is 0 Å². The summed E-state index contributed by atoms with van der Waals surface area (Å²) in [4.78, 5) is 27.3. The summed E-state index contributed by atoms with van der Waals surface area (Å²) in [7, 11) is 0. The highest BCUT2D eigenvalue weighted by atomic mass is 32.1. The van der Waals surface area contributed by atoms with Crippen LogP contribution in [0.2, 0.25) is 0 Å². The number of carbonyl (C=O) groups excluding carboxylic acids is 1. The number of benzene rings is 1. The molecule has 1 amide bonds. The Kier molecular flexibility index (Phi) is 5.50. The van der Waals surface area contributed by atoms with Crippen LogP contribution in [-0.4, -0.2) is 27.5 Å². The van der Waals surface area contributed by atoms with Gasteiger partial charge in [0.25, 0.3) is 0 Å². The second-order valence-electron chi connectivity index (χ2n) is 6.01. The summed E-state index contributed by atoms with van der Waals surface area (Å²) in [6.07, 6.45) is 0.613. The van der Waals surface area contributed by atoms with Gasteiger partial charge in [-0.2, -0.15) is 0 Å². The van der Waals surface area contributed by atoms with Crippen molar-refractivity contribution in [3.05, 3.63) is 41.4 Å². The van der Waals surface area contributed by atoms with Gasteiger partial charge in [0.05, 0.1) is 12.1 Å². The average Bonchev–Trinajstić information content (AvgIpc) is 2.94. The Hall–Kier alpha value is -2.21. The molecular weight excluding hydrogens is 312 g/mol. The van der Waals surface area contributed by atoms with Crippen LogP contribution in [0.5, 0.6) is 0 Å². The molecule has 2 N–H and O–H groups in total. The van der Waals surface area contributed by atoms with Gasteiger partial charge in [-0.1, -0.05) is 30.3 Å². The number of amides is 1. The second kappa shape index (κ2) is 7.37. The van der Waals surface area contributed by atoms with E-state index >= 15 is 0 Å². The Morgan fingerprint density at radius 1 is 1.26 bits per heavy atom. The van der Waals surface area contributed by atoms with Crippen molar-refractivity contribution in [2.45, 2.75) is 38.6 Å². The third-order valence-electron chi connectivity index (χ3n) is 3.36. The number of carboxylic acids is 1. The lowest BCUT2D eigenvalue weighted by atomic mass is 9.98. The molecule has 2 rings (SSSR count). The Morgan fingerprint density at radius 2 is 1.96 bits per heavy atom. The van der Waals surface area contributed by atoms with E-state index < -0.39 is 11.5 Å². The van der Waals surface area contributed by atoms with Crippen molar-refractivity contribution in [3.8, 4) is 10.6 Å². The Balaban J connectivity index is 1.93. The van der Waals surface area contributed by atoms with E-state index in [1.54, 1.807) is 0 Å². The SMILES string of the molecule is CC(C)(CCC(=O)O)NC(=O)Cc1csc(-c2ccccc2)n1. The van der Waals surface area contributed by atoms with Crippen LogP contribution < -0.4 is 5.32 Å². The van der Waals surface area contributed by atoms with Crippen molar-refractivity contribution in [2.24, 2.45) is 0 Å². The monoisotopic (exact) mass is 332 g/mol. The number of nitrogens with zero attached hydrogens (tertiary/aromatic N) is 1. The summed E-state index contributed by atoms with van der Waals surface area (Å²) in [6, 6.07) is 9.82. The van der Waals surface area contributed by atoms with E-state index in [0.717, 1.165) is 16.3 Å². The van der Waals surface area contributed by atoms with Crippen molar-refractivity contribution in [1.82, 2.24) is 10.3 Å². The summed E-state index contributed by atoms with van der Waals surface area (Å²) in [5.41, 5.74) is 1.21. The van der Waals surface area contributed by atoms with Crippen LogP contribution in [0.25, 0.3) is 10.6 Å². The zero-order chi connectivity index (χ0) is 16.9. The molecule has 1 aromatic carbocycles. The van der Waals surface area contributed by atoms with Gasteiger partial charge in [-0.05, 0) is 20.3 Å². The van der Waals surface area contributed by atoms with E-state index in [2.05, 4.69) is 10.3 Å². The van der Waals surface area contributed by atoms with Gasteiger partial charge in [0, 0.05) is 22.9 Å². The normalized spacial score (nSPS) is 11.2. The van der Waals surface area contributed by atoms with E-state index in [9.17, 15) is 9.59 Å². The van der Waals surface area contributed by atoms with Gasteiger partial charge in [0.1, 0.15) is 5.01 Å². The predicted octanol–water partition coefficient (Wildman–Crippen LogP) is 3.11. The minimum Gasteiger partial charge on any atom is -0.481 e. The van der Waals surface area contributed by atoms with Gasteiger partial charge >= 0.3 is 5.97 Å². The fourth-order valence-electron chi connectivity index (χ4n) is 2.17. The number of hydrogen-bond acceptors (Lipinski definition) is 4. The summed E-state index contributed by atoms with van der Waals surface area (Å²) in [5, 5.41) is 14.4. The zero-order valence-corrected chi connectivity index (χ0v) is 14.0. The van der Waals surface area contributed by atoms with Gasteiger partial charge in [-0.15, -0.1) is 11.3 Å². The van der Waals surface area contributed by atoms with Crippen molar-refractivity contribution in [1.29, 1.82) is 0 Å². The molecule has 0 fully saturated rings. The molecule has 0 aliphatic rings. The molecule has 2 aromatic rings. The lowest BCUT2D eigenvalue weighted by molar-refractivity contribution is -0.137. The fourth-order valence-corrected chi connectivity index (χ4v) is 3.00. The molecule has 23 heavy (non-hydrogen) atoms. The van der Waals surface area contributed by atoms with Crippen LogP contribution in [-0.2, 0) is 16.0 Å². The van der Waals surface area contributed by atoms with E-state index in [1.165, 1.54) is 11.3 Å². The van der Waals surface area contributed by atoms with Crippen LogP contribution in [0.3, 0.4) is 0 Å². The van der Waals surface area contributed by atoms with Gasteiger partial charge in [0.15, 0.2) is 0 Å². The molecule has 0 unspecified atom stereocenters. The Bertz CT molecular complexity index is 680. The number of hydrogen-bond donors (Lipinski definition) is 2. The molecule has 1 aromatic heterocycles. The lowest BCUT2D eigenvalue weighted by Crippen LogP contribution is -2.44. The molecule has 0 saturated carbocycles. The topological polar surface area (TPSA) is 79.3 Å². The number of thiazole rings is 1. The second-order valence-corrected chi connectivity index (χ2v) is 6.87. The molecule has 0 aliphatic carbocycles. The number of aliphatic carboxylic acids is 1. The molecule has 0 spiro atoms. The van der Waals surface area contributed by atoms with E-state index in [4.69, 9.17) is 5.11 Å². The third-order valence-corrected chi connectivity index (χ3v) is 4.30. The first kappa shape index (κ1) is 17.1. The molecule has 0 radical (unpaired) electrons. The number of carboxylic acid groups (broad SMARTS) is 1. The minimum absolute atomic E-state index is 0.0299. The number of rotatable bonds is 7. The maximum Gasteiger partial charge on any atom is 0.303 e. The molecule has 5 nitrogen and oxygen atoms in total. The largest absolute Gasteiger partial charge is 0.481 e. The molecule has 6 heteroatoms. The highest BCUT2D eigenvalue weighted by molar-refractivity contribution is 7.13. The first-order valence-electron chi connectivity index (χ1n) is 7.38. The number of carbonyl (C=O) groups is 2. The van der Waals surface area contributed by atoms with Gasteiger partial charge in [0.2, 0.25) is 5.91 Å². The summed E-state index contributed by atoms with van der Waals surface area (Å²) >= 11 is 1.51. The van der Waals surface area contributed by atoms with Gasteiger partial charge in [-0.3, -0.25) is 9.59 Å². The van der Waals surface area contributed by atoms with Crippen LogP contribution in [0, 0.1) is 0 Å². The summed E-state index contributed by atoms with van der Waals surface area (Å²) in [6.45, 7) is 3.65. The van der Waals surface area contributed by atoms with Crippen LogP contribution in [0.4, 0.5) is 0 Å². The summed E-state index contributed by atoms with van der Waals surface area (Å²) < 4.78 is 0. The van der Waals surface area contributed by atoms with E-state index in [-0.39, 0.29) is 18.7 Å². The van der Waals surface area contributed by atoms with Gasteiger partial charge in [-0.25, -0.2) is 4.98 Å². The van der Waals surface area contributed by atoms with Crippen molar-refractivity contribution in [2.75, 3.05) is 0 Å². The molecule has 0 aliphatic heterocycles. The fraction of sp³-hybridized carbons (Fsp3) is 0.353. The van der Waals surface area contributed by atoms with Crippen molar-refractivity contribution < 1.29 is 14.7 Å². The average molecular weight is 332 g/mol. The standard InChI is InChI=1S/C17H20N2O3S/c1-17(2,9-8-15(21)22)19-14(20)10-13-11-23-16(18-13)12-6-4-3-5-7-12/h3-7,11H,8-10H2,1-2H3,(H,19,20)(H,21,22). The highest BCUT2D eigenvalue weighted by Crippen LogP contribution is 2.23. The molecule has 0 bridgehead atoms. The Morgan fingerprint density at radius 3 is 2.61 bits per heavy atom. The smallest absolute Gasteiger partial charge is 0.303 e. The van der Waals surface area contributed by atoms with Crippen molar-refractivity contribution >= 4 is 23.2 Å². The van der Waals surface area contributed by atoms with Crippen LogP contribution in [0.15, 0.2) is 35.7 Å². The molecule has 122 valence electrons. The number of aromatic nitrogens is 1. The number of nitrogens with one attached hydrogen (secondary N) is 1. The van der Waals surface area contributed by atoms with Gasteiger partial charge < -0.3 is 10.4 Å². The van der Waals surface area contributed by atoms with Crippen LogP contribution in [0.1, 0.15) is 32.4 Å². The van der Waals surface area contributed by atoms with Crippen LogP contribution >= 0.6 is 11.3 Å². The Labute approximate surface area is 139 Å². The molecular formula is C17H20N2O3S. The lowest BCUT2D eigenvalue weighted by Gasteiger charge is -2.25. The van der Waals surface area contributed by atoms with E-state index in [1.807, 2.05) is 49.6 Å². The molecule has 1 heterocycles. The maximum atomic E-state index is 12.1. The molecule has 0 saturated heterocycles.